The van der Waals surface area contributed by atoms with Crippen LogP contribution in [-0.4, -0.2) is 42.3 Å². The summed E-state index contributed by atoms with van der Waals surface area (Å²) in [6.45, 7) is 2.61. The van der Waals surface area contributed by atoms with Gasteiger partial charge in [-0.1, -0.05) is 19.3 Å². The Morgan fingerprint density at radius 2 is 1.93 bits per heavy atom. The molecule has 1 aromatic heterocycles. The number of piperidine rings is 1. The molecule has 0 bridgehead atoms. The number of rotatable bonds is 2. The number of nitrogens with one attached hydrogen (secondary N) is 1. The van der Waals surface area contributed by atoms with Crippen molar-refractivity contribution >= 4 is 23.3 Å². The molecule has 2 aliphatic heterocycles. The van der Waals surface area contributed by atoms with Crippen LogP contribution in [0.15, 0.2) is 12.1 Å². The molecule has 3 atom stereocenters. The molecule has 1 amide bonds. The number of halogens is 1. The van der Waals surface area contributed by atoms with Gasteiger partial charge in [-0.05, 0) is 62.1 Å². The van der Waals surface area contributed by atoms with E-state index in [1.165, 1.54) is 38.5 Å². The zero-order chi connectivity index (χ0) is 20.7. The molecule has 4 aliphatic rings. The summed E-state index contributed by atoms with van der Waals surface area (Å²) in [4.78, 5) is 32.1. The predicted octanol–water partition coefficient (Wildman–Crippen LogP) is 2.52. The van der Waals surface area contributed by atoms with Gasteiger partial charge in [0.25, 0.3) is 10.8 Å². The molecule has 1 saturated carbocycles. The van der Waals surface area contributed by atoms with Crippen LogP contribution < -0.4 is 10.3 Å². The standard InChI is InChI=1S/C24H32ClN3O2/c25-21-10-9-17-22(27-21)20(29)11-12-24(17)15-26-14-18(24)23(30)28-13-5-4-8-19(28)16-6-2-1-3-7-16/h9-10,16,18-19,26H,1-8,11-15H2/p+2/t18-,19?,24-/m0/s1. The maximum absolute atomic E-state index is 14.1. The number of carbonyl (C=O) groups excluding carboxylic acids is 2. The molecule has 3 heterocycles. The number of aromatic nitrogens is 1. The fourth-order valence-corrected chi connectivity index (χ4v) is 7.08. The predicted molar refractivity (Wildman–Crippen MR) is 114 cm³/mol. The highest BCUT2D eigenvalue weighted by Crippen LogP contribution is 2.44. The number of aromatic amines is 1. The summed E-state index contributed by atoms with van der Waals surface area (Å²) < 4.78 is 0. The van der Waals surface area contributed by atoms with Gasteiger partial charge in [-0.3, -0.25) is 9.59 Å². The van der Waals surface area contributed by atoms with Crippen LogP contribution in [0.4, 0.5) is 0 Å². The van der Waals surface area contributed by atoms with Gasteiger partial charge in [0.05, 0.1) is 18.5 Å². The number of hydrogen-bond donors (Lipinski definition) is 1. The largest absolute Gasteiger partial charge is 0.345 e. The van der Waals surface area contributed by atoms with Gasteiger partial charge < -0.3 is 10.2 Å². The summed E-state index contributed by atoms with van der Waals surface area (Å²) in [5.41, 5.74) is 1.39. The molecule has 0 aromatic carbocycles. The Kier molecular flexibility index (Phi) is 5.61. The fraction of sp³-hybridized carbons (Fsp3) is 0.708. The third-order valence-corrected chi connectivity index (χ3v) is 8.65. The lowest BCUT2D eigenvalue weighted by atomic mass is 9.64. The Morgan fingerprint density at radius 3 is 2.77 bits per heavy atom. The number of quaternary nitrogens is 1. The van der Waals surface area contributed by atoms with Crippen molar-refractivity contribution in [2.75, 3.05) is 19.6 Å². The zero-order valence-electron chi connectivity index (χ0n) is 17.8. The van der Waals surface area contributed by atoms with Crippen molar-refractivity contribution < 1.29 is 19.9 Å². The van der Waals surface area contributed by atoms with Gasteiger partial charge in [0.15, 0.2) is 0 Å². The summed E-state index contributed by atoms with van der Waals surface area (Å²) in [5, 5.41) is 2.77. The molecule has 3 fully saturated rings. The highest BCUT2D eigenvalue weighted by atomic mass is 35.5. The molecule has 1 unspecified atom stereocenters. The van der Waals surface area contributed by atoms with Gasteiger partial charge in [-0.2, -0.15) is 4.98 Å². The maximum atomic E-state index is 14.1. The molecule has 5 rings (SSSR count). The van der Waals surface area contributed by atoms with Gasteiger partial charge >= 0.3 is 0 Å². The third kappa shape index (κ3) is 3.38. The summed E-state index contributed by atoms with van der Waals surface area (Å²) in [7, 11) is 0. The Balaban J connectivity index is 1.47. The number of nitrogens with two attached hydrogens (primary N) is 1. The topological polar surface area (TPSA) is 68.1 Å². The van der Waals surface area contributed by atoms with Crippen LogP contribution in [0.1, 0.15) is 80.3 Å². The molecule has 2 saturated heterocycles. The minimum absolute atomic E-state index is 0.0527. The first-order valence-corrected chi connectivity index (χ1v) is 12.4. The smallest absolute Gasteiger partial charge is 0.273 e. The van der Waals surface area contributed by atoms with Gasteiger partial charge in [0.1, 0.15) is 5.92 Å². The van der Waals surface area contributed by atoms with Crippen molar-refractivity contribution in [3.8, 4) is 0 Å². The van der Waals surface area contributed by atoms with E-state index in [4.69, 9.17) is 11.6 Å². The van der Waals surface area contributed by atoms with E-state index in [-0.39, 0.29) is 17.1 Å². The van der Waals surface area contributed by atoms with Crippen LogP contribution in [0.25, 0.3) is 0 Å². The molecule has 1 aromatic rings. The number of nitrogens with zero attached hydrogens (tertiary/aromatic N) is 1. The lowest BCUT2D eigenvalue weighted by Gasteiger charge is -2.44. The van der Waals surface area contributed by atoms with Gasteiger partial charge in [0.2, 0.25) is 11.7 Å². The van der Waals surface area contributed by atoms with E-state index in [0.717, 1.165) is 44.5 Å². The normalized spacial score (nSPS) is 32.4. The number of Topliss-reactive ketones (excluding diaryl/α,β-unsaturated/α-hetero) is 1. The summed E-state index contributed by atoms with van der Waals surface area (Å²) >= 11 is 6.17. The molecule has 1 spiro atoms. The van der Waals surface area contributed by atoms with E-state index in [2.05, 4.69) is 15.2 Å². The number of amides is 1. The van der Waals surface area contributed by atoms with Crippen molar-refractivity contribution in [2.45, 2.75) is 75.7 Å². The maximum Gasteiger partial charge on any atom is 0.273 e. The first kappa shape index (κ1) is 20.4. The second-order valence-corrected chi connectivity index (χ2v) is 10.4. The molecule has 0 radical (unpaired) electrons. The lowest BCUT2D eigenvalue weighted by molar-refractivity contribution is -0.640. The van der Waals surface area contributed by atoms with E-state index < -0.39 is 0 Å². The minimum atomic E-state index is -0.254. The Bertz CT molecular complexity index is 838. The van der Waals surface area contributed by atoms with Crippen LogP contribution in [0, 0.1) is 11.8 Å². The lowest BCUT2D eigenvalue weighted by Crippen LogP contribution is -2.82. The van der Waals surface area contributed by atoms with Gasteiger partial charge in [-0.25, -0.2) is 0 Å². The Morgan fingerprint density at radius 1 is 1.13 bits per heavy atom. The van der Waals surface area contributed by atoms with Crippen molar-refractivity contribution in [2.24, 2.45) is 11.8 Å². The summed E-state index contributed by atoms with van der Waals surface area (Å²) in [6, 6.07) is 4.26. The van der Waals surface area contributed by atoms with Crippen LogP contribution in [0.2, 0.25) is 5.15 Å². The molecule has 3 N–H and O–H groups in total. The molecular formula is C24H34ClN3O2+2. The third-order valence-electron chi connectivity index (χ3n) is 8.43. The highest BCUT2D eigenvalue weighted by Gasteiger charge is 2.57. The molecule has 6 heteroatoms. The SMILES string of the molecule is O=C1CC[C@]2(C[NH2+]C[C@H]2C(=O)N2CCCCC2C2CCCCC2)c2ccc(Cl)[nH+]c21. The van der Waals surface area contributed by atoms with Crippen molar-refractivity contribution in [1.82, 2.24) is 4.90 Å². The average Bonchev–Trinajstić information content (AvgIpc) is 3.21. The number of pyridine rings is 1. The number of carbonyl (C=O) groups is 2. The van der Waals surface area contributed by atoms with Crippen LogP contribution in [-0.2, 0) is 10.2 Å². The monoisotopic (exact) mass is 431 g/mol. The van der Waals surface area contributed by atoms with E-state index in [1.54, 1.807) is 0 Å². The second-order valence-electron chi connectivity index (χ2n) is 9.95. The molecule has 30 heavy (non-hydrogen) atoms. The summed E-state index contributed by atoms with van der Waals surface area (Å²) in [6.07, 6.45) is 11.3. The van der Waals surface area contributed by atoms with E-state index in [9.17, 15) is 9.59 Å². The summed E-state index contributed by atoms with van der Waals surface area (Å²) in [5.74, 6) is 1.09. The number of fused-ring (bicyclic) bond motifs is 2. The van der Waals surface area contributed by atoms with Crippen molar-refractivity contribution in [3.05, 3.63) is 28.5 Å². The van der Waals surface area contributed by atoms with E-state index in [1.807, 2.05) is 12.1 Å². The number of likely N-dealkylation sites (tertiary alicyclic amines) is 1. The Labute approximate surface area is 183 Å². The first-order valence-electron chi connectivity index (χ1n) is 12.0. The number of H-pyrrole nitrogens is 1. The van der Waals surface area contributed by atoms with E-state index >= 15 is 0 Å². The van der Waals surface area contributed by atoms with E-state index in [0.29, 0.717) is 35.1 Å². The molecule has 2 aliphatic carbocycles. The molecule has 5 nitrogen and oxygen atoms in total. The quantitative estimate of drug-likeness (QED) is 0.731. The minimum Gasteiger partial charge on any atom is -0.345 e. The van der Waals surface area contributed by atoms with Gasteiger partial charge in [0, 0.05) is 30.6 Å². The molecular weight excluding hydrogens is 398 g/mol. The van der Waals surface area contributed by atoms with Crippen molar-refractivity contribution in [3.63, 3.8) is 0 Å². The van der Waals surface area contributed by atoms with Crippen LogP contribution in [0.3, 0.4) is 0 Å². The first-order chi connectivity index (χ1) is 14.6. The molecule has 162 valence electrons. The van der Waals surface area contributed by atoms with Crippen LogP contribution in [0.5, 0.6) is 0 Å². The number of hydrogen-bond acceptors (Lipinski definition) is 2. The average molecular weight is 432 g/mol. The zero-order valence-corrected chi connectivity index (χ0v) is 18.6. The highest BCUT2D eigenvalue weighted by molar-refractivity contribution is 6.28. The van der Waals surface area contributed by atoms with Crippen LogP contribution >= 0.6 is 11.6 Å². The fourth-order valence-electron chi connectivity index (χ4n) is 6.93. The Hall–Kier alpha value is -1.46. The van der Waals surface area contributed by atoms with Crippen molar-refractivity contribution in [1.29, 1.82) is 0 Å². The second kappa shape index (κ2) is 8.23. The van der Waals surface area contributed by atoms with Gasteiger partial charge in [-0.15, -0.1) is 0 Å². The number of ketones is 1.